The van der Waals surface area contributed by atoms with Crippen molar-refractivity contribution in [2.75, 3.05) is 10.6 Å². The van der Waals surface area contributed by atoms with Crippen LogP contribution in [-0.2, 0) is 7.05 Å². The SMILES string of the molecule is Cc1nc(-c2ccc(F)cc2)c(-c2ccc3nc(NC(=O)Nc4ccc(C#N)cc4)cn3n2)n1C. The molecule has 3 aromatic heterocycles. The molecule has 2 aromatic carbocycles. The number of fused-ring (bicyclic) bond motifs is 1. The third-order valence-electron chi connectivity index (χ3n) is 5.51. The number of carbonyl (C=O) groups excluding carboxylic acids is 1. The number of nitrogens with one attached hydrogen (secondary N) is 2. The Morgan fingerprint density at radius 1 is 1.00 bits per heavy atom. The van der Waals surface area contributed by atoms with Crippen molar-refractivity contribution in [3.63, 3.8) is 0 Å². The second-order valence-electron chi connectivity index (χ2n) is 7.84. The standard InChI is InChI=1S/C25H19FN8O/c1-15-28-23(17-5-7-18(26)8-6-17)24(33(15)2)20-11-12-22-30-21(14-34(22)32-20)31-25(35)29-19-9-3-16(13-27)4-10-19/h3-12,14H,1-2H3,(H2,29,31,35). The van der Waals surface area contributed by atoms with Crippen molar-refractivity contribution in [2.45, 2.75) is 6.92 Å². The Kier molecular flexibility index (Phi) is 5.43. The molecule has 5 rings (SSSR count). The van der Waals surface area contributed by atoms with Crippen LogP contribution in [0.25, 0.3) is 28.3 Å². The summed E-state index contributed by atoms with van der Waals surface area (Å²) in [6.45, 7) is 1.89. The summed E-state index contributed by atoms with van der Waals surface area (Å²) >= 11 is 0. The Morgan fingerprint density at radius 3 is 2.46 bits per heavy atom. The van der Waals surface area contributed by atoms with Gasteiger partial charge >= 0.3 is 6.03 Å². The number of amides is 2. The molecule has 172 valence electrons. The van der Waals surface area contributed by atoms with Crippen LogP contribution in [0, 0.1) is 24.1 Å². The summed E-state index contributed by atoms with van der Waals surface area (Å²) in [5, 5.41) is 18.9. The molecule has 0 aliphatic carbocycles. The zero-order valence-electron chi connectivity index (χ0n) is 18.8. The largest absolute Gasteiger partial charge is 0.330 e. The number of aryl methyl sites for hydroxylation is 1. The summed E-state index contributed by atoms with van der Waals surface area (Å²) in [5.41, 5.74) is 4.49. The molecule has 0 fully saturated rings. The molecule has 3 heterocycles. The minimum atomic E-state index is -0.473. The highest BCUT2D eigenvalue weighted by molar-refractivity contribution is 5.99. The van der Waals surface area contributed by atoms with Crippen molar-refractivity contribution in [1.29, 1.82) is 5.26 Å². The van der Waals surface area contributed by atoms with Crippen molar-refractivity contribution in [1.82, 2.24) is 24.1 Å². The van der Waals surface area contributed by atoms with Crippen LogP contribution in [-0.4, -0.2) is 30.2 Å². The number of halogens is 1. The first-order valence-corrected chi connectivity index (χ1v) is 10.7. The number of nitrogens with zero attached hydrogens (tertiary/aromatic N) is 6. The van der Waals surface area contributed by atoms with Crippen molar-refractivity contribution in [3.8, 4) is 28.7 Å². The molecule has 0 spiro atoms. The van der Waals surface area contributed by atoms with E-state index in [1.54, 1.807) is 53.2 Å². The average Bonchev–Trinajstić information content (AvgIpc) is 3.39. The Bertz CT molecular complexity index is 1590. The highest BCUT2D eigenvalue weighted by Crippen LogP contribution is 2.31. The minimum Gasteiger partial charge on any atom is -0.330 e. The predicted molar refractivity (Wildman–Crippen MR) is 129 cm³/mol. The van der Waals surface area contributed by atoms with Crippen molar-refractivity contribution in [2.24, 2.45) is 7.05 Å². The molecular weight excluding hydrogens is 447 g/mol. The molecule has 0 aliphatic rings. The van der Waals surface area contributed by atoms with Crippen LogP contribution in [0.15, 0.2) is 66.9 Å². The zero-order valence-corrected chi connectivity index (χ0v) is 18.8. The second-order valence-corrected chi connectivity index (χ2v) is 7.84. The van der Waals surface area contributed by atoms with Gasteiger partial charge in [-0.25, -0.2) is 23.7 Å². The lowest BCUT2D eigenvalue weighted by Crippen LogP contribution is -2.19. The van der Waals surface area contributed by atoms with E-state index in [2.05, 4.69) is 25.7 Å². The molecule has 0 radical (unpaired) electrons. The molecular formula is C25H19FN8O. The molecule has 0 atom stereocenters. The molecule has 0 saturated heterocycles. The van der Waals surface area contributed by atoms with Crippen molar-refractivity contribution >= 4 is 23.2 Å². The number of rotatable bonds is 4. The van der Waals surface area contributed by atoms with Crippen LogP contribution in [0.2, 0.25) is 0 Å². The lowest BCUT2D eigenvalue weighted by molar-refractivity contribution is 0.262. The molecule has 2 N–H and O–H groups in total. The van der Waals surface area contributed by atoms with Gasteiger partial charge in [0.25, 0.3) is 0 Å². The van der Waals surface area contributed by atoms with Gasteiger partial charge in [-0.2, -0.15) is 10.4 Å². The van der Waals surface area contributed by atoms with Gasteiger partial charge in [0.1, 0.15) is 17.3 Å². The van der Waals surface area contributed by atoms with E-state index < -0.39 is 6.03 Å². The molecule has 35 heavy (non-hydrogen) atoms. The van der Waals surface area contributed by atoms with E-state index in [-0.39, 0.29) is 5.82 Å². The van der Waals surface area contributed by atoms with Crippen LogP contribution >= 0.6 is 0 Å². The van der Waals surface area contributed by atoms with E-state index in [1.807, 2.05) is 30.7 Å². The van der Waals surface area contributed by atoms with Gasteiger partial charge in [-0.05, 0) is 67.6 Å². The summed E-state index contributed by atoms with van der Waals surface area (Å²) < 4.78 is 16.9. The number of imidazole rings is 2. The number of urea groups is 1. The Morgan fingerprint density at radius 2 is 1.74 bits per heavy atom. The van der Waals surface area contributed by atoms with E-state index in [0.29, 0.717) is 34.1 Å². The van der Waals surface area contributed by atoms with Gasteiger partial charge in [0.15, 0.2) is 11.5 Å². The van der Waals surface area contributed by atoms with E-state index in [4.69, 9.17) is 5.26 Å². The lowest BCUT2D eigenvalue weighted by atomic mass is 10.1. The fourth-order valence-electron chi connectivity index (χ4n) is 3.69. The number of nitriles is 1. The third kappa shape index (κ3) is 4.30. The fourth-order valence-corrected chi connectivity index (χ4v) is 3.69. The van der Waals surface area contributed by atoms with Crippen LogP contribution < -0.4 is 10.6 Å². The maximum absolute atomic E-state index is 13.4. The van der Waals surface area contributed by atoms with Crippen molar-refractivity contribution in [3.05, 3.63) is 84.1 Å². The number of hydrogen-bond donors (Lipinski definition) is 2. The summed E-state index contributed by atoms with van der Waals surface area (Å²) in [6.07, 6.45) is 1.61. The van der Waals surface area contributed by atoms with E-state index in [0.717, 1.165) is 17.1 Å². The van der Waals surface area contributed by atoms with Gasteiger partial charge in [-0.3, -0.25) is 5.32 Å². The number of carbonyl (C=O) groups is 1. The smallest absolute Gasteiger partial charge is 0.324 e. The van der Waals surface area contributed by atoms with Gasteiger partial charge in [-0.1, -0.05) is 0 Å². The van der Waals surface area contributed by atoms with Crippen LogP contribution in [0.1, 0.15) is 11.4 Å². The minimum absolute atomic E-state index is 0.316. The highest BCUT2D eigenvalue weighted by Gasteiger charge is 2.18. The van der Waals surface area contributed by atoms with Gasteiger partial charge < -0.3 is 9.88 Å². The van der Waals surface area contributed by atoms with E-state index >= 15 is 0 Å². The lowest BCUT2D eigenvalue weighted by Gasteiger charge is -2.07. The molecule has 0 bridgehead atoms. The van der Waals surface area contributed by atoms with Gasteiger partial charge in [-0.15, -0.1) is 0 Å². The first kappa shape index (κ1) is 21.8. The van der Waals surface area contributed by atoms with E-state index in [1.165, 1.54) is 12.1 Å². The highest BCUT2D eigenvalue weighted by atomic mass is 19.1. The quantitative estimate of drug-likeness (QED) is 0.397. The molecule has 0 aliphatic heterocycles. The Balaban J connectivity index is 1.42. The normalized spacial score (nSPS) is 10.8. The Labute approximate surface area is 199 Å². The molecule has 10 heteroatoms. The monoisotopic (exact) mass is 466 g/mol. The Hall–Kier alpha value is -5.04. The van der Waals surface area contributed by atoms with Crippen LogP contribution in [0.4, 0.5) is 20.7 Å². The molecule has 5 aromatic rings. The first-order chi connectivity index (χ1) is 16.9. The maximum Gasteiger partial charge on any atom is 0.324 e. The van der Waals surface area contributed by atoms with Gasteiger partial charge in [0, 0.05) is 18.3 Å². The third-order valence-corrected chi connectivity index (χ3v) is 5.51. The number of aromatic nitrogens is 5. The average molecular weight is 466 g/mol. The zero-order chi connectivity index (χ0) is 24.5. The number of anilines is 2. The van der Waals surface area contributed by atoms with Crippen molar-refractivity contribution < 1.29 is 9.18 Å². The number of benzene rings is 2. The second kappa shape index (κ2) is 8.72. The molecule has 2 amide bonds. The first-order valence-electron chi connectivity index (χ1n) is 10.7. The van der Waals surface area contributed by atoms with Crippen LogP contribution in [0.3, 0.4) is 0 Å². The van der Waals surface area contributed by atoms with Gasteiger partial charge in [0.2, 0.25) is 0 Å². The fraction of sp³-hybridized carbons (Fsp3) is 0.0800. The molecule has 0 unspecified atom stereocenters. The summed E-state index contributed by atoms with van der Waals surface area (Å²) in [5.74, 6) is 0.790. The predicted octanol–water partition coefficient (Wildman–Crippen LogP) is 4.76. The summed E-state index contributed by atoms with van der Waals surface area (Å²) in [7, 11) is 1.89. The maximum atomic E-state index is 13.4. The van der Waals surface area contributed by atoms with Gasteiger partial charge in [0.05, 0.1) is 29.2 Å². The van der Waals surface area contributed by atoms with E-state index in [9.17, 15) is 9.18 Å². The number of hydrogen-bond acceptors (Lipinski definition) is 5. The van der Waals surface area contributed by atoms with Crippen LogP contribution in [0.5, 0.6) is 0 Å². The summed E-state index contributed by atoms with van der Waals surface area (Å²) in [6, 6.07) is 17.9. The topological polar surface area (TPSA) is 113 Å². The summed E-state index contributed by atoms with van der Waals surface area (Å²) in [4.78, 5) is 21.4. The molecule has 0 saturated carbocycles. The molecule has 9 nitrogen and oxygen atoms in total.